The fraction of sp³-hybridized carbons (Fsp3) is 0.562. The zero-order valence-corrected chi connectivity index (χ0v) is 12.0. The first-order valence-electron chi connectivity index (χ1n) is 7.48. The Bertz CT molecular complexity index is 594. The molecule has 3 rings (SSSR count). The molecule has 1 aromatic rings. The molecule has 6 heteroatoms. The summed E-state index contributed by atoms with van der Waals surface area (Å²) in [4.78, 5) is 0. The van der Waals surface area contributed by atoms with Crippen molar-refractivity contribution in [3.05, 3.63) is 29.3 Å². The van der Waals surface area contributed by atoms with E-state index >= 15 is 0 Å². The minimum atomic E-state index is -4.43. The van der Waals surface area contributed by atoms with Crippen molar-refractivity contribution >= 4 is 5.69 Å². The first kappa shape index (κ1) is 15.2. The maximum absolute atomic E-state index is 12.7. The van der Waals surface area contributed by atoms with E-state index in [0.717, 1.165) is 44.4 Å². The molecule has 3 unspecified atom stereocenters. The number of alkyl halides is 3. The standard InChI is InChI=1S/C16H17F3N2O/c17-16(18,19)11-4-5-13(10(8-11)9-20)21-14-2-1-3-15-12(14)6-7-22-15/h4-5,8,12,14-15,21H,1-3,6-7H2. The van der Waals surface area contributed by atoms with Crippen LogP contribution in [0, 0.1) is 17.2 Å². The SMILES string of the molecule is N#Cc1cc(C(F)(F)F)ccc1NC1CCCC2OCCC12. The van der Waals surface area contributed by atoms with Gasteiger partial charge in [-0.15, -0.1) is 0 Å². The van der Waals surface area contributed by atoms with Crippen LogP contribution in [0.1, 0.15) is 36.8 Å². The van der Waals surface area contributed by atoms with Crippen molar-refractivity contribution in [3.8, 4) is 6.07 Å². The van der Waals surface area contributed by atoms with Crippen molar-refractivity contribution < 1.29 is 17.9 Å². The summed E-state index contributed by atoms with van der Waals surface area (Å²) < 4.78 is 43.9. The predicted molar refractivity (Wildman–Crippen MR) is 75.3 cm³/mol. The summed E-state index contributed by atoms with van der Waals surface area (Å²) in [5.41, 5.74) is -0.274. The van der Waals surface area contributed by atoms with Crippen LogP contribution < -0.4 is 5.32 Å². The van der Waals surface area contributed by atoms with Gasteiger partial charge in [0.1, 0.15) is 6.07 Å². The molecule has 0 amide bonds. The molecule has 3 atom stereocenters. The van der Waals surface area contributed by atoms with Crippen LogP contribution in [-0.4, -0.2) is 18.8 Å². The molecule has 1 saturated carbocycles. The number of hydrogen-bond acceptors (Lipinski definition) is 3. The Balaban J connectivity index is 1.81. The van der Waals surface area contributed by atoms with Gasteiger partial charge in [0.25, 0.3) is 0 Å². The van der Waals surface area contributed by atoms with Crippen molar-refractivity contribution in [2.75, 3.05) is 11.9 Å². The summed E-state index contributed by atoms with van der Waals surface area (Å²) >= 11 is 0. The topological polar surface area (TPSA) is 45.0 Å². The summed E-state index contributed by atoms with van der Waals surface area (Å²) in [6.07, 6.45) is -0.200. The highest BCUT2D eigenvalue weighted by Gasteiger charge is 2.38. The first-order chi connectivity index (χ1) is 10.5. The summed E-state index contributed by atoms with van der Waals surface area (Å²) in [5, 5.41) is 12.4. The van der Waals surface area contributed by atoms with E-state index in [4.69, 9.17) is 10.00 Å². The number of nitrogens with zero attached hydrogens (tertiary/aromatic N) is 1. The number of nitriles is 1. The lowest BCUT2D eigenvalue weighted by molar-refractivity contribution is -0.137. The molecular weight excluding hydrogens is 293 g/mol. The van der Waals surface area contributed by atoms with E-state index in [1.165, 1.54) is 6.07 Å². The molecule has 1 aliphatic carbocycles. The Hall–Kier alpha value is -1.74. The molecule has 0 aromatic heterocycles. The van der Waals surface area contributed by atoms with Crippen LogP contribution in [0.25, 0.3) is 0 Å². The molecule has 1 heterocycles. The first-order valence-corrected chi connectivity index (χ1v) is 7.48. The zero-order valence-electron chi connectivity index (χ0n) is 12.0. The third-order valence-corrected chi connectivity index (χ3v) is 4.59. The molecule has 1 aromatic carbocycles. The largest absolute Gasteiger partial charge is 0.416 e. The number of fused-ring (bicyclic) bond motifs is 1. The Morgan fingerprint density at radius 2 is 2.05 bits per heavy atom. The molecule has 1 saturated heterocycles. The van der Waals surface area contributed by atoms with Crippen LogP contribution in [-0.2, 0) is 10.9 Å². The van der Waals surface area contributed by atoms with Gasteiger partial charge >= 0.3 is 6.18 Å². The lowest BCUT2D eigenvalue weighted by Gasteiger charge is -2.34. The zero-order chi connectivity index (χ0) is 15.7. The fourth-order valence-electron chi connectivity index (χ4n) is 3.49. The van der Waals surface area contributed by atoms with Crippen molar-refractivity contribution in [3.63, 3.8) is 0 Å². The van der Waals surface area contributed by atoms with E-state index in [-0.39, 0.29) is 17.7 Å². The van der Waals surface area contributed by atoms with Crippen LogP contribution >= 0.6 is 0 Å². The van der Waals surface area contributed by atoms with Gasteiger partial charge in [0.15, 0.2) is 0 Å². The van der Waals surface area contributed by atoms with Gasteiger partial charge in [-0.05, 0) is 43.9 Å². The number of ether oxygens (including phenoxy) is 1. The van der Waals surface area contributed by atoms with E-state index in [9.17, 15) is 13.2 Å². The maximum atomic E-state index is 12.7. The molecule has 0 spiro atoms. The van der Waals surface area contributed by atoms with E-state index in [1.807, 2.05) is 6.07 Å². The van der Waals surface area contributed by atoms with Crippen molar-refractivity contribution in [1.82, 2.24) is 0 Å². The normalized spacial score (nSPS) is 28.0. The second kappa shape index (κ2) is 5.81. The molecule has 1 N–H and O–H groups in total. The maximum Gasteiger partial charge on any atom is 0.416 e. The number of benzene rings is 1. The average molecular weight is 310 g/mol. The molecule has 118 valence electrons. The minimum absolute atomic E-state index is 0.0378. The van der Waals surface area contributed by atoms with Gasteiger partial charge in [-0.1, -0.05) is 0 Å². The fourth-order valence-corrected chi connectivity index (χ4v) is 3.49. The van der Waals surface area contributed by atoms with Gasteiger partial charge < -0.3 is 10.1 Å². The van der Waals surface area contributed by atoms with Gasteiger partial charge in [-0.25, -0.2) is 0 Å². The highest BCUT2D eigenvalue weighted by molar-refractivity contribution is 5.59. The minimum Gasteiger partial charge on any atom is -0.381 e. The quantitative estimate of drug-likeness (QED) is 0.899. The lowest BCUT2D eigenvalue weighted by Crippen LogP contribution is -2.38. The van der Waals surface area contributed by atoms with Crippen molar-refractivity contribution in [2.45, 2.75) is 44.0 Å². The third-order valence-electron chi connectivity index (χ3n) is 4.59. The van der Waals surface area contributed by atoms with Crippen molar-refractivity contribution in [1.29, 1.82) is 5.26 Å². The second-order valence-electron chi connectivity index (χ2n) is 5.91. The summed E-state index contributed by atoms with van der Waals surface area (Å²) in [6.45, 7) is 0.742. The van der Waals surface area contributed by atoms with Gasteiger partial charge in [-0.2, -0.15) is 18.4 Å². The molecule has 2 aliphatic rings. The van der Waals surface area contributed by atoms with Crippen LogP contribution in [0.5, 0.6) is 0 Å². The molecular formula is C16H17F3N2O. The number of rotatable bonds is 2. The smallest absolute Gasteiger partial charge is 0.381 e. The molecule has 0 bridgehead atoms. The number of hydrogen-bond donors (Lipinski definition) is 1. The van der Waals surface area contributed by atoms with E-state index in [0.29, 0.717) is 11.6 Å². The molecule has 0 radical (unpaired) electrons. The van der Waals surface area contributed by atoms with Crippen LogP contribution in [0.2, 0.25) is 0 Å². The summed E-state index contributed by atoms with van der Waals surface area (Å²) in [6, 6.07) is 5.32. The Kier molecular flexibility index (Phi) is 4.00. The summed E-state index contributed by atoms with van der Waals surface area (Å²) in [7, 11) is 0. The lowest BCUT2D eigenvalue weighted by atomic mass is 9.81. The third kappa shape index (κ3) is 2.91. The number of anilines is 1. The molecule has 22 heavy (non-hydrogen) atoms. The molecule has 3 nitrogen and oxygen atoms in total. The van der Waals surface area contributed by atoms with E-state index in [1.54, 1.807) is 0 Å². The predicted octanol–water partition coefficient (Wildman–Crippen LogP) is 3.95. The molecule has 1 aliphatic heterocycles. The monoisotopic (exact) mass is 310 g/mol. The Morgan fingerprint density at radius 3 is 2.77 bits per heavy atom. The van der Waals surface area contributed by atoms with Gasteiger partial charge in [0.05, 0.1) is 22.9 Å². The van der Waals surface area contributed by atoms with Gasteiger partial charge in [0, 0.05) is 18.6 Å². The Labute approximate surface area is 127 Å². The number of halogens is 3. The highest BCUT2D eigenvalue weighted by atomic mass is 19.4. The van der Waals surface area contributed by atoms with Gasteiger partial charge in [0.2, 0.25) is 0 Å². The van der Waals surface area contributed by atoms with Crippen molar-refractivity contribution in [2.24, 2.45) is 5.92 Å². The molecule has 2 fully saturated rings. The number of nitrogens with one attached hydrogen (secondary N) is 1. The van der Waals surface area contributed by atoms with Crippen LogP contribution in [0.3, 0.4) is 0 Å². The average Bonchev–Trinajstić information content (AvgIpc) is 2.96. The summed E-state index contributed by atoms with van der Waals surface area (Å²) in [5.74, 6) is 0.377. The van der Waals surface area contributed by atoms with Gasteiger partial charge in [-0.3, -0.25) is 0 Å². The second-order valence-corrected chi connectivity index (χ2v) is 5.91. The van der Waals surface area contributed by atoms with Crippen LogP contribution in [0.15, 0.2) is 18.2 Å². The van der Waals surface area contributed by atoms with Crippen LogP contribution in [0.4, 0.5) is 18.9 Å². The van der Waals surface area contributed by atoms with E-state index < -0.39 is 11.7 Å². The highest BCUT2D eigenvalue weighted by Crippen LogP contribution is 2.37. The van der Waals surface area contributed by atoms with E-state index in [2.05, 4.69) is 5.32 Å². The Morgan fingerprint density at radius 1 is 1.23 bits per heavy atom.